The van der Waals surface area contributed by atoms with Gasteiger partial charge in [0.15, 0.2) is 5.96 Å². The van der Waals surface area contributed by atoms with Crippen LogP contribution in [0.2, 0.25) is 0 Å². The third-order valence-corrected chi connectivity index (χ3v) is 4.80. The first-order valence-electron chi connectivity index (χ1n) is 9.59. The van der Waals surface area contributed by atoms with Crippen molar-refractivity contribution >= 4 is 29.9 Å². The van der Waals surface area contributed by atoms with Crippen LogP contribution in [0.1, 0.15) is 30.4 Å². The molecular formula is C20H31F3IN3O2. The Labute approximate surface area is 188 Å². The first-order chi connectivity index (χ1) is 13.4. The second-order valence-corrected chi connectivity index (χ2v) is 7.09. The van der Waals surface area contributed by atoms with Gasteiger partial charge in [-0.25, -0.2) is 0 Å². The average molecular weight is 529 g/mol. The number of halogens is 4. The molecule has 1 fully saturated rings. The van der Waals surface area contributed by atoms with E-state index < -0.39 is 12.8 Å². The second-order valence-electron chi connectivity index (χ2n) is 7.09. The summed E-state index contributed by atoms with van der Waals surface area (Å²) in [6, 6.07) is 7.33. The molecule has 0 aromatic heterocycles. The summed E-state index contributed by atoms with van der Waals surface area (Å²) in [4.78, 5) is 6.45. The Morgan fingerprint density at radius 1 is 1.21 bits per heavy atom. The maximum absolute atomic E-state index is 12.1. The number of alkyl halides is 3. The molecule has 1 saturated heterocycles. The lowest BCUT2D eigenvalue weighted by Crippen LogP contribution is -2.39. The van der Waals surface area contributed by atoms with Crippen molar-refractivity contribution in [2.45, 2.75) is 38.6 Å². The van der Waals surface area contributed by atoms with Gasteiger partial charge in [0.25, 0.3) is 0 Å². The van der Waals surface area contributed by atoms with Crippen molar-refractivity contribution in [3.8, 4) is 0 Å². The maximum atomic E-state index is 12.1. The Balaban J connectivity index is 0.00000420. The molecular weight excluding hydrogens is 498 g/mol. The minimum atomic E-state index is -4.30. The Kier molecular flexibility index (Phi) is 11.9. The average Bonchev–Trinajstić information content (AvgIpc) is 2.68. The van der Waals surface area contributed by atoms with Crippen LogP contribution in [0, 0.1) is 5.92 Å². The number of ether oxygens (including phenoxy) is 2. The number of hydrogen-bond acceptors (Lipinski definition) is 3. The summed E-state index contributed by atoms with van der Waals surface area (Å²) in [6.07, 6.45) is -0.929. The number of nitrogens with zero attached hydrogens (tertiary/aromatic N) is 2. The molecule has 1 aliphatic heterocycles. The maximum Gasteiger partial charge on any atom is 0.411 e. The summed E-state index contributed by atoms with van der Waals surface area (Å²) in [5, 5.41) is 3.33. The Hall–Kier alpha value is -1.07. The highest BCUT2D eigenvalue weighted by Crippen LogP contribution is 2.18. The van der Waals surface area contributed by atoms with Crippen LogP contribution < -0.4 is 5.32 Å². The van der Waals surface area contributed by atoms with Crippen LogP contribution in [0.5, 0.6) is 0 Å². The van der Waals surface area contributed by atoms with Crippen LogP contribution in [0.15, 0.2) is 29.3 Å². The largest absolute Gasteiger partial charge is 0.411 e. The fourth-order valence-corrected chi connectivity index (χ4v) is 3.12. The van der Waals surface area contributed by atoms with E-state index in [0.717, 1.165) is 50.5 Å². The SMILES string of the molecule is CN=C(NCc1ccc(COCC(F)(F)F)cc1)N(C)CCC1CCOCC1.I. The summed E-state index contributed by atoms with van der Waals surface area (Å²) < 4.78 is 46.4. The van der Waals surface area contributed by atoms with Crippen LogP contribution in [0.25, 0.3) is 0 Å². The molecule has 1 N–H and O–H groups in total. The summed E-state index contributed by atoms with van der Waals surface area (Å²) >= 11 is 0. The van der Waals surface area contributed by atoms with Gasteiger partial charge in [0.05, 0.1) is 6.61 Å². The molecule has 1 heterocycles. The van der Waals surface area contributed by atoms with Crippen molar-refractivity contribution in [2.75, 3.05) is 40.5 Å². The molecule has 0 aliphatic carbocycles. The van der Waals surface area contributed by atoms with E-state index in [1.165, 1.54) is 0 Å². The predicted octanol–water partition coefficient (Wildman–Crippen LogP) is 4.21. The van der Waals surface area contributed by atoms with E-state index in [1.807, 2.05) is 19.2 Å². The standard InChI is InChI=1S/C20H30F3N3O2.HI/c1-24-19(26(2)10-7-16-8-11-27-12-9-16)25-13-17-3-5-18(6-4-17)14-28-15-20(21,22)23;/h3-6,16H,7-15H2,1-2H3,(H,24,25);1H. The van der Waals surface area contributed by atoms with Gasteiger partial charge in [-0.1, -0.05) is 24.3 Å². The van der Waals surface area contributed by atoms with Crippen molar-refractivity contribution < 1.29 is 22.6 Å². The second kappa shape index (κ2) is 13.3. The predicted molar refractivity (Wildman–Crippen MR) is 119 cm³/mol. The number of guanidine groups is 1. The van der Waals surface area contributed by atoms with Gasteiger partial charge >= 0.3 is 6.18 Å². The van der Waals surface area contributed by atoms with Gasteiger partial charge in [0.2, 0.25) is 0 Å². The number of aliphatic imine (C=N–C) groups is 1. The Morgan fingerprint density at radius 3 is 2.41 bits per heavy atom. The zero-order valence-corrected chi connectivity index (χ0v) is 19.3. The van der Waals surface area contributed by atoms with Gasteiger partial charge < -0.3 is 19.7 Å². The molecule has 5 nitrogen and oxygen atoms in total. The summed E-state index contributed by atoms with van der Waals surface area (Å²) in [6.45, 7) is 1.96. The minimum Gasteiger partial charge on any atom is -0.381 e. The van der Waals surface area contributed by atoms with E-state index in [1.54, 1.807) is 19.2 Å². The first-order valence-corrected chi connectivity index (χ1v) is 9.59. The van der Waals surface area contributed by atoms with Gasteiger partial charge in [-0.05, 0) is 36.3 Å². The summed E-state index contributed by atoms with van der Waals surface area (Å²) in [5.74, 6) is 1.53. The number of rotatable bonds is 8. The molecule has 29 heavy (non-hydrogen) atoms. The Bertz CT molecular complexity index is 606. The summed E-state index contributed by atoms with van der Waals surface area (Å²) in [7, 11) is 3.78. The van der Waals surface area contributed by atoms with Crippen LogP contribution in [0.4, 0.5) is 13.2 Å². The molecule has 0 saturated carbocycles. The number of benzene rings is 1. The fraction of sp³-hybridized carbons (Fsp3) is 0.650. The molecule has 0 radical (unpaired) electrons. The Morgan fingerprint density at radius 2 is 1.83 bits per heavy atom. The molecule has 0 amide bonds. The molecule has 9 heteroatoms. The highest BCUT2D eigenvalue weighted by Gasteiger charge is 2.27. The van der Waals surface area contributed by atoms with Crippen LogP contribution >= 0.6 is 24.0 Å². The lowest BCUT2D eigenvalue weighted by Gasteiger charge is -2.26. The third-order valence-electron chi connectivity index (χ3n) is 4.80. The van der Waals surface area contributed by atoms with E-state index in [9.17, 15) is 13.2 Å². The monoisotopic (exact) mass is 529 g/mol. The third kappa shape index (κ3) is 10.5. The molecule has 0 unspecified atom stereocenters. The van der Waals surface area contributed by atoms with Gasteiger partial charge in [0, 0.05) is 40.4 Å². The van der Waals surface area contributed by atoms with Crippen LogP contribution in [-0.4, -0.2) is 57.5 Å². The highest BCUT2D eigenvalue weighted by atomic mass is 127. The van der Waals surface area contributed by atoms with E-state index in [2.05, 4.69) is 19.9 Å². The smallest absolute Gasteiger partial charge is 0.381 e. The molecule has 166 valence electrons. The van der Waals surface area contributed by atoms with E-state index in [4.69, 9.17) is 4.74 Å². The van der Waals surface area contributed by atoms with Gasteiger partial charge in [-0.2, -0.15) is 13.2 Å². The van der Waals surface area contributed by atoms with Crippen molar-refractivity contribution in [1.29, 1.82) is 0 Å². The fourth-order valence-electron chi connectivity index (χ4n) is 3.12. The lowest BCUT2D eigenvalue weighted by molar-refractivity contribution is -0.176. The molecule has 1 aliphatic rings. The van der Waals surface area contributed by atoms with Gasteiger partial charge in [0.1, 0.15) is 6.61 Å². The number of hydrogen-bond donors (Lipinski definition) is 1. The molecule has 2 rings (SSSR count). The topological polar surface area (TPSA) is 46.1 Å². The van der Waals surface area contributed by atoms with Crippen molar-refractivity contribution in [2.24, 2.45) is 10.9 Å². The number of nitrogens with one attached hydrogen (secondary N) is 1. The molecule has 0 atom stereocenters. The van der Waals surface area contributed by atoms with Crippen LogP contribution in [-0.2, 0) is 22.6 Å². The van der Waals surface area contributed by atoms with Crippen molar-refractivity contribution in [3.05, 3.63) is 35.4 Å². The van der Waals surface area contributed by atoms with Crippen molar-refractivity contribution in [1.82, 2.24) is 10.2 Å². The molecule has 1 aromatic carbocycles. The van der Waals surface area contributed by atoms with Gasteiger partial charge in [-0.15, -0.1) is 24.0 Å². The molecule has 1 aromatic rings. The quantitative estimate of drug-likeness (QED) is 0.312. The zero-order valence-electron chi connectivity index (χ0n) is 17.0. The highest BCUT2D eigenvalue weighted by molar-refractivity contribution is 14.0. The van der Waals surface area contributed by atoms with Crippen LogP contribution in [0.3, 0.4) is 0 Å². The summed E-state index contributed by atoms with van der Waals surface area (Å²) in [5.41, 5.74) is 1.74. The minimum absolute atomic E-state index is 0. The molecule has 0 bridgehead atoms. The zero-order chi connectivity index (χ0) is 20.4. The van der Waals surface area contributed by atoms with E-state index in [0.29, 0.717) is 18.0 Å². The lowest BCUT2D eigenvalue weighted by atomic mass is 9.96. The van der Waals surface area contributed by atoms with Gasteiger partial charge in [-0.3, -0.25) is 4.99 Å². The normalized spacial score (nSPS) is 15.7. The van der Waals surface area contributed by atoms with Crippen molar-refractivity contribution in [3.63, 3.8) is 0 Å². The van der Waals surface area contributed by atoms with E-state index in [-0.39, 0.29) is 30.6 Å². The first kappa shape index (κ1) is 26.0. The van der Waals surface area contributed by atoms with E-state index >= 15 is 0 Å². The molecule has 0 spiro atoms.